The normalized spacial score (nSPS) is 14.0. The minimum Gasteiger partial charge on any atom is -0.339 e. The third-order valence-corrected chi connectivity index (χ3v) is 5.27. The van der Waals surface area contributed by atoms with E-state index < -0.39 is 0 Å². The number of carbonyl (C=O) groups excluding carboxylic acids is 2. The molecule has 154 valence electrons. The summed E-state index contributed by atoms with van der Waals surface area (Å²) < 4.78 is 0. The fraction of sp³-hybridized carbons (Fsp3) is 0.286. The van der Waals surface area contributed by atoms with E-state index in [1.807, 2.05) is 42.5 Å². The number of nitrogens with zero attached hydrogens (tertiary/aromatic N) is 6. The molecule has 1 aliphatic rings. The Balaban J connectivity index is 1.27. The van der Waals surface area contributed by atoms with Gasteiger partial charge in [0.1, 0.15) is 6.54 Å². The standard InChI is InChI=1S/C21H21ClN6O2/c22-18-8-6-16(7-9-18)14-19(29)26-10-12-27(13-11-26)20(30)15-28-24-21(23-25-28)17-4-2-1-3-5-17/h1-9H,10-15H2. The first kappa shape index (κ1) is 20.0. The predicted octanol–water partition coefficient (Wildman–Crippen LogP) is 1.91. The van der Waals surface area contributed by atoms with Crippen LogP contribution >= 0.6 is 11.6 Å². The van der Waals surface area contributed by atoms with Gasteiger partial charge in [0.15, 0.2) is 0 Å². The van der Waals surface area contributed by atoms with E-state index >= 15 is 0 Å². The molecule has 0 bridgehead atoms. The number of hydrogen-bond donors (Lipinski definition) is 0. The van der Waals surface area contributed by atoms with Crippen LogP contribution in [-0.2, 0) is 22.6 Å². The number of amides is 2. The minimum absolute atomic E-state index is 0.0263. The number of benzene rings is 2. The molecule has 0 atom stereocenters. The van der Waals surface area contributed by atoms with E-state index in [2.05, 4.69) is 15.4 Å². The van der Waals surface area contributed by atoms with Gasteiger partial charge in [-0.25, -0.2) is 0 Å². The van der Waals surface area contributed by atoms with E-state index in [-0.39, 0.29) is 18.4 Å². The Labute approximate surface area is 179 Å². The fourth-order valence-corrected chi connectivity index (χ4v) is 3.45. The van der Waals surface area contributed by atoms with Crippen molar-refractivity contribution in [1.82, 2.24) is 30.0 Å². The summed E-state index contributed by atoms with van der Waals surface area (Å²) in [6.45, 7) is 2.03. The van der Waals surface area contributed by atoms with E-state index in [9.17, 15) is 9.59 Å². The van der Waals surface area contributed by atoms with Gasteiger partial charge in [-0.3, -0.25) is 9.59 Å². The van der Waals surface area contributed by atoms with Crippen LogP contribution in [0.3, 0.4) is 0 Å². The van der Waals surface area contributed by atoms with Crippen molar-refractivity contribution in [2.75, 3.05) is 26.2 Å². The number of halogens is 1. The summed E-state index contributed by atoms with van der Waals surface area (Å²) in [6.07, 6.45) is 0.330. The Morgan fingerprint density at radius 2 is 1.50 bits per heavy atom. The maximum atomic E-state index is 12.6. The maximum absolute atomic E-state index is 12.6. The van der Waals surface area contributed by atoms with Gasteiger partial charge in [-0.1, -0.05) is 54.1 Å². The number of hydrogen-bond acceptors (Lipinski definition) is 5. The van der Waals surface area contributed by atoms with Crippen LogP contribution in [0, 0.1) is 0 Å². The van der Waals surface area contributed by atoms with E-state index in [0.29, 0.717) is 43.4 Å². The van der Waals surface area contributed by atoms with Gasteiger partial charge in [0.2, 0.25) is 17.6 Å². The van der Waals surface area contributed by atoms with Crippen LogP contribution in [0.2, 0.25) is 5.02 Å². The van der Waals surface area contributed by atoms with Crippen LogP contribution in [-0.4, -0.2) is 68.0 Å². The van der Waals surface area contributed by atoms with Crippen LogP contribution in [0.1, 0.15) is 5.56 Å². The highest BCUT2D eigenvalue weighted by atomic mass is 35.5. The predicted molar refractivity (Wildman–Crippen MR) is 112 cm³/mol. The second-order valence-electron chi connectivity index (χ2n) is 7.07. The van der Waals surface area contributed by atoms with Crippen molar-refractivity contribution in [3.8, 4) is 11.4 Å². The highest BCUT2D eigenvalue weighted by molar-refractivity contribution is 6.30. The zero-order valence-corrected chi connectivity index (χ0v) is 17.1. The number of carbonyl (C=O) groups is 2. The van der Waals surface area contributed by atoms with Crippen molar-refractivity contribution in [1.29, 1.82) is 0 Å². The summed E-state index contributed by atoms with van der Waals surface area (Å²) >= 11 is 5.89. The molecule has 9 heteroatoms. The molecule has 1 aliphatic heterocycles. The molecule has 2 heterocycles. The quantitative estimate of drug-likeness (QED) is 0.624. The number of piperazine rings is 1. The largest absolute Gasteiger partial charge is 0.339 e. The molecule has 30 heavy (non-hydrogen) atoms. The molecular weight excluding hydrogens is 404 g/mol. The maximum Gasteiger partial charge on any atom is 0.246 e. The Kier molecular flexibility index (Phi) is 6.04. The lowest BCUT2D eigenvalue weighted by Crippen LogP contribution is -2.51. The molecule has 0 N–H and O–H groups in total. The van der Waals surface area contributed by atoms with E-state index in [0.717, 1.165) is 11.1 Å². The average molecular weight is 425 g/mol. The lowest BCUT2D eigenvalue weighted by atomic mass is 10.1. The Bertz CT molecular complexity index is 1010. The first-order chi connectivity index (χ1) is 14.6. The second-order valence-corrected chi connectivity index (χ2v) is 7.51. The van der Waals surface area contributed by atoms with Crippen molar-refractivity contribution in [2.45, 2.75) is 13.0 Å². The zero-order valence-electron chi connectivity index (χ0n) is 16.3. The summed E-state index contributed by atoms with van der Waals surface area (Å²) in [4.78, 5) is 29.9. The summed E-state index contributed by atoms with van der Waals surface area (Å²) in [5.74, 6) is 0.452. The van der Waals surface area contributed by atoms with Gasteiger partial charge in [0.05, 0.1) is 6.42 Å². The van der Waals surface area contributed by atoms with E-state index in [1.165, 1.54) is 4.80 Å². The monoisotopic (exact) mass is 424 g/mol. The van der Waals surface area contributed by atoms with Crippen molar-refractivity contribution in [2.24, 2.45) is 0 Å². The topological polar surface area (TPSA) is 84.2 Å². The highest BCUT2D eigenvalue weighted by Crippen LogP contribution is 2.13. The van der Waals surface area contributed by atoms with E-state index in [1.54, 1.807) is 21.9 Å². The first-order valence-corrected chi connectivity index (χ1v) is 10.1. The van der Waals surface area contributed by atoms with Crippen LogP contribution < -0.4 is 0 Å². The Hall–Kier alpha value is -3.26. The van der Waals surface area contributed by atoms with Crippen molar-refractivity contribution in [3.63, 3.8) is 0 Å². The van der Waals surface area contributed by atoms with Crippen LogP contribution in [0.5, 0.6) is 0 Å². The molecule has 0 radical (unpaired) electrons. The zero-order chi connectivity index (χ0) is 20.9. The van der Waals surface area contributed by atoms with Gasteiger partial charge < -0.3 is 9.80 Å². The van der Waals surface area contributed by atoms with Crippen LogP contribution in [0.15, 0.2) is 54.6 Å². The molecule has 0 unspecified atom stereocenters. The molecular formula is C21H21ClN6O2. The number of aromatic nitrogens is 4. The van der Waals surface area contributed by atoms with Gasteiger partial charge in [0, 0.05) is 36.8 Å². The third-order valence-electron chi connectivity index (χ3n) is 5.02. The first-order valence-electron chi connectivity index (χ1n) is 9.72. The Morgan fingerprint density at radius 1 is 0.867 bits per heavy atom. The molecule has 0 spiro atoms. The van der Waals surface area contributed by atoms with Gasteiger partial charge in [-0.05, 0) is 22.9 Å². The van der Waals surface area contributed by atoms with Crippen molar-refractivity contribution in [3.05, 3.63) is 65.2 Å². The van der Waals surface area contributed by atoms with Crippen LogP contribution in [0.25, 0.3) is 11.4 Å². The molecule has 0 saturated carbocycles. The lowest BCUT2D eigenvalue weighted by Gasteiger charge is -2.34. The van der Waals surface area contributed by atoms with Crippen LogP contribution in [0.4, 0.5) is 0 Å². The van der Waals surface area contributed by atoms with Gasteiger partial charge in [0.25, 0.3) is 0 Å². The highest BCUT2D eigenvalue weighted by Gasteiger charge is 2.24. The van der Waals surface area contributed by atoms with Gasteiger partial charge >= 0.3 is 0 Å². The summed E-state index contributed by atoms with van der Waals surface area (Å²) in [6, 6.07) is 16.8. The van der Waals surface area contributed by atoms with Gasteiger partial charge in [-0.15, -0.1) is 10.2 Å². The lowest BCUT2D eigenvalue weighted by molar-refractivity contribution is -0.139. The van der Waals surface area contributed by atoms with Crippen molar-refractivity contribution < 1.29 is 9.59 Å². The molecule has 0 aliphatic carbocycles. The molecule has 1 aromatic heterocycles. The molecule has 2 aromatic carbocycles. The molecule has 1 saturated heterocycles. The summed E-state index contributed by atoms with van der Waals surface area (Å²) in [5.41, 5.74) is 1.78. The molecule has 1 fully saturated rings. The minimum atomic E-state index is -0.0863. The SMILES string of the molecule is O=C(Cc1ccc(Cl)cc1)N1CCN(C(=O)Cn2nnc(-c3ccccc3)n2)CC1. The Morgan fingerprint density at radius 3 is 2.17 bits per heavy atom. The third kappa shape index (κ3) is 4.83. The van der Waals surface area contributed by atoms with Gasteiger partial charge in [-0.2, -0.15) is 4.80 Å². The van der Waals surface area contributed by atoms with E-state index in [4.69, 9.17) is 11.6 Å². The number of rotatable bonds is 5. The summed E-state index contributed by atoms with van der Waals surface area (Å²) in [7, 11) is 0. The number of tetrazole rings is 1. The van der Waals surface area contributed by atoms with Crippen molar-refractivity contribution >= 4 is 23.4 Å². The fourth-order valence-electron chi connectivity index (χ4n) is 3.33. The summed E-state index contributed by atoms with van der Waals surface area (Å²) in [5, 5.41) is 12.9. The second kappa shape index (κ2) is 9.04. The smallest absolute Gasteiger partial charge is 0.246 e. The molecule has 2 amide bonds. The molecule has 8 nitrogen and oxygen atoms in total. The molecule has 3 aromatic rings. The average Bonchev–Trinajstić information content (AvgIpc) is 3.24. The molecule has 4 rings (SSSR count).